The number of aromatic nitrogens is 1. The van der Waals surface area contributed by atoms with Crippen LogP contribution in [-0.2, 0) is 12.7 Å². The lowest BCUT2D eigenvalue weighted by Gasteiger charge is -2.16. The van der Waals surface area contributed by atoms with Crippen molar-refractivity contribution in [1.82, 2.24) is 4.98 Å². The van der Waals surface area contributed by atoms with Gasteiger partial charge in [-0.2, -0.15) is 13.2 Å². The van der Waals surface area contributed by atoms with Crippen molar-refractivity contribution < 1.29 is 22.0 Å². The van der Waals surface area contributed by atoms with Gasteiger partial charge in [0, 0.05) is 18.3 Å². The summed E-state index contributed by atoms with van der Waals surface area (Å²) >= 11 is 2.58. The summed E-state index contributed by atoms with van der Waals surface area (Å²) in [5, 5.41) is 0. The first kappa shape index (κ1) is 13.3. The topological polar surface area (TPSA) is 38.9 Å². The van der Waals surface area contributed by atoms with E-state index >= 15 is 0 Å². The summed E-state index contributed by atoms with van der Waals surface area (Å²) in [7, 11) is 0. The van der Waals surface area contributed by atoms with Crippen LogP contribution in [0, 0.1) is 0 Å². The van der Waals surface area contributed by atoms with Gasteiger partial charge in [-0.15, -0.1) is 0 Å². The summed E-state index contributed by atoms with van der Waals surface area (Å²) in [5.74, 6) is 0. The molecule has 0 aliphatic heterocycles. The molecule has 0 aliphatic carbocycles. The van der Waals surface area contributed by atoms with E-state index in [1.165, 1.54) is 0 Å². The van der Waals surface area contributed by atoms with Crippen LogP contribution in [0.25, 0.3) is 0 Å². The van der Waals surface area contributed by atoms with Gasteiger partial charge in [-0.3, -0.25) is 0 Å². The van der Waals surface area contributed by atoms with Crippen molar-refractivity contribution in [1.29, 1.82) is 0 Å². The van der Waals surface area contributed by atoms with Crippen molar-refractivity contribution in [3.63, 3.8) is 0 Å². The number of hydrogen-bond donors (Lipinski definition) is 1. The molecule has 1 aromatic heterocycles. The van der Waals surface area contributed by atoms with E-state index in [1.807, 2.05) is 0 Å². The number of nitrogens with two attached hydrogens (primary N) is 1. The zero-order chi connectivity index (χ0) is 12.5. The lowest BCUT2D eigenvalue weighted by Crippen LogP contribution is -2.16. The Morgan fingerprint density at radius 1 is 1.38 bits per heavy atom. The van der Waals surface area contributed by atoms with E-state index in [4.69, 9.17) is 5.73 Å². The molecule has 0 saturated heterocycles. The molecule has 0 atom stereocenters. The Morgan fingerprint density at radius 3 is 2.31 bits per heavy atom. The van der Waals surface area contributed by atoms with E-state index in [0.29, 0.717) is 6.20 Å². The molecule has 0 saturated carbocycles. The van der Waals surface area contributed by atoms with Crippen molar-refractivity contribution in [2.45, 2.75) is 19.1 Å². The van der Waals surface area contributed by atoms with Crippen molar-refractivity contribution >= 4 is 15.9 Å². The predicted molar refractivity (Wildman–Crippen MR) is 49.8 cm³/mol. The van der Waals surface area contributed by atoms with Crippen LogP contribution in [0.15, 0.2) is 10.8 Å². The Balaban J connectivity index is 3.51. The summed E-state index contributed by atoms with van der Waals surface area (Å²) in [6.45, 7) is -0.629. The third-order valence-corrected chi connectivity index (χ3v) is 2.50. The fourth-order valence-electron chi connectivity index (χ4n) is 1.23. The Kier molecular flexibility index (Phi) is 3.84. The average Bonchev–Trinajstić information content (AvgIpc) is 2.14. The normalized spacial score (nSPS) is 12.2. The van der Waals surface area contributed by atoms with Crippen molar-refractivity contribution in [2.75, 3.05) is 0 Å². The van der Waals surface area contributed by atoms with E-state index in [2.05, 4.69) is 20.9 Å². The van der Waals surface area contributed by atoms with Gasteiger partial charge in [0.1, 0.15) is 4.60 Å². The minimum absolute atomic E-state index is 0.537. The molecule has 16 heavy (non-hydrogen) atoms. The van der Waals surface area contributed by atoms with Crippen LogP contribution in [0.2, 0.25) is 0 Å². The second-order valence-electron chi connectivity index (χ2n) is 2.86. The van der Waals surface area contributed by atoms with E-state index in [-0.39, 0.29) is 0 Å². The minimum Gasteiger partial charge on any atom is -0.326 e. The Labute approximate surface area is 95.8 Å². The van der Waals surface area contributed by atoms with Gasteiger partial charge in [-0.05, 0) is 21.5 Å². The van der Waals surface area contributed by atoms with E-state index < -0.39 is 40.4 Å². The Morgan fingerprint density at radius 2 is 1.94 bits per heavy atom. The lowest BCUT2D eigenvalue weighted by atomic mass is 10.0. The molecule has 2 nitrogen and oxygen atoms in total. The molecule has 0 aromatic carbocycles. The van der Waals surface area contributed by atoms with E-state index in [0.717, 1.165) is 0 Å². The molecular weight excluding hydrogens is 299 g/mol. The molecule has 1 aromatic rings. The highest BCUT2D eigenvalue weighted by Crippen LogP contribution is 2.39. The first-order valence-electron chi connectivity index (χ1n) is 4.01. The number of rotatable bonds is 2. The maximum atomic E-state index is 12.6. The van der Waals surface area contributed by atoms with Crippen LogP contribution >= 0.6 is 15.9 Å². The van der Waals surface area contributed by atoms with Gasteiger partial charge >= 0.3 is 6.18 Å². The summed E-state index contributed by atoms with van der Waals surface area (Å²) in [4.78, 5) is 3.24. The number of nitrogens with zero attached hydrogens (tertiary/aromatic N) is 1. The van der Waals surface area contributed by atoms with E-state index in [9.17, 15) is 22.0 Å². The number of pyridine rings is 1. The predicted octanol–water partition coefficient (Wildman–Crippen LogP) is 3.26. The van der Waals surface area contributed by atoms with Crippen LogP contribution in [0.3, 0.4) is 0 Å². The SMILES string of the molecule is NCc1c(C(F)F)cnc(Br)c1C(F)(F)F. The molecule has 90 valence electrons. The van der Waals surface area contributed by atoms with Gasteiger partial charge in [0.2, 0.25) is 0 Å². The van der Waals surface area contributed by atoms with Crippen LogP contribution in [0.1, 0.15) is 23.1 Å². The van der Waals surface area contributed by atoms with Crippen LogP contribution < -0.4 is 5.73 Å². The molecule has 0 amide bonds. The number of alkyl halides is 5. The fourth-order valence-corrected chi connectivity index (χ4v) is 1.80. The Bertz CT molecular complexity index is 391. The molecule has 1 heterocycles. The van der Waals surface area contributed by atoms with Gasteiger partial charge in [-0.1, -0.05) is 0 Å². The monoisotopic (exact) mass is 304 g/mol. The van der Waals surface area contributed by atoms with Gasteiger partial charge in [0.05, 0.1) is 5.56 Å². The highest BCUT2D eigenvalue weighted by atomic mass is 79.9. The zero-order valence-electron chi connectivity index (χ0n) is 7.65. The third-order valence-electron chi connectivity index (χ3n) is 1.90. The van der Waals surface area contributed by atoms with Gasteiger partial charge < -0.3 is 5.73 Å². The van der Waals surface area contributed by atoms with Crippen molar-refractivity contribution in [3.8, 4) is 0 Å². The lowest BCUT2D eigenvalue weighted by molar-refractivity contribution is -0.139. The molecule has 0 radical (unpaired) electrons. The van der Waals surface area contributed by atoms with Crippen molar-refractivity contribution in [3.05, 3.63) is 27.5 Å². The highest BCUT2D eigenvalue weighted by molar-refractivity contribution is 9.10. The van der Waals surface area contributed by atoms with E-state index in [1.54, 1.807) is 0 Å². The fraction of sp³-hybridized carbons (Fsp3) is 0.375. The molecule has 0 spiro atoms. The smallest absolute Gasteiger partial charge is 0.326 e. The largest absolute Gasteiger partial charge is 0.419 e. The second-order valence-corrected chi connectivity index (χ2v) is 3.61. The van der Waals surface area contributed by atoms with Crippen molar-refractivity contribution in [2.24, 2.45) is 5.73 Å². The molecule has 8 heteroatoms. The summed E-state index contributed by atoms with van der Waals surface area (Å²) in [6, 6.07) is 0. The number of halogens is 6. The van der Waals surface area contributed by atoms with Gasteiger partial charge in [-0.25, -0.2) is 13.8 Å². The second kappa shape index (κ2) is 4.62. The van der Waals surface area contributed by atoms with Crippen LogP contribution in [0.4, 0.5) is 22.0 Å². The summed E-state index contributed by atoms with van der Waals surface area (Å²) in [6.07, 6.45) is -7.13. The maximum Gasteiger partial charge on any atom is 0.419 e. The summed E-state index contributed by atoms with van der Waals surface area (Å²) in [5.41, 5.74) is 2.40. The number of hydrogen-bond acceptors (Lipinski definition) is 2. The first-order chi connectivity index (χ1) is 7.29. The molecule has 2 N–H and O–H groups in total. The molecule has 0 fully saturated rings. The Hall–Kier alpha value is -0.760. The molecular formula is C8H6BrF5N2. The standard InChI is InChI=1S/C8H6BrF5N2/c9-6-5(8(12,13)14)3(1-15)4(2-16-6)7(10)11/h2,7H,1,15H2. The minimum atomic E-state index is -4.77. The maximum absolute atomic E-state index is 12.6. The molecule has 0 bridgehead atoms. The average molecular weight is 305 g/mol. The molecule has 1 rings (SSSR count). The van der Waals surface area contributed by atoms with Gasteiger partial charge in [0.25, 0.3) is 6.43 Å². The van der Waals surface area contributed by atoms with Gasteiger partial charge in [0.15, 0.2) is 0 Å². The quantitative estimate of drug-likeness (QED) is 0.673. The third kappa shape index (κ3) is 2.49. The van der Waals surface area contributed by atoms with Crippen LogP contribution in [0.5, 0.6) is 0 Å². The molecule has 0 unspecified atom stereocenters. The summed E-state index contributed by atoms with van der Waals surface area (Å²) < 4.78 is 62.0. The highest BCUT2D eigenvalue weighted by Gasteiger charge is 2.38. The first-order valence-corrected chi connectivity index (χ1v) is 4.81. The van der Waals surface area contributed by atoms with Crippen LogP contribution in [-0.4, -0.2) is 4.98 Å². The molecule has 0 aliphatic rings. The zero-order valence-corrected chi connectivity index (χ0v) is 9.24.